The molecule has 0 saturated heterocycles. The van der Waals surface area contributed by atoms with E-state index in [1.165, 1.54) is 5.56 Å². The van der Waals surface area contributed by atoms with Crippen molar-refractivity contribution in [3.63, 3.8) is 0 Å². The zero-order valence-electron chi connectivity index (χ0n) is 11.3. The van der Waals surface area contributed by atoms with E-state index in [9.17, 15) is 4.79 Å². The second-order valence-corrected chi connectivity index (χ2v) is 5.57. The third-order valence-electron chi connectivity index (χ3n) is 3.75. The molecule has 0 spiro atoms. The summed E-state index contributed by atoms with van der Waals surface area (Å²) in [5, 5.41) is 8.89. The lowest BCUT2D eigenvalue weighted by Crippen LogP contribution is -2.21. The van der Waals surface area contributed by atoms with Gasteiger partial charge in [0, 0.05) is 19.3 Å². The van der Waals surface area contributed by atoms with E-state index in [4.69, 9.17) is 5.11 Å². The molecule has 0 aromatic heterocycles. The molecule has 1 saturated carbocycles. The molecule has 18 heavy (non-hydrogen) atoms. The Balaban J connectivity index is 1.93. The molecule has 0 heterocycles. The predicted molar refractivity (Wildman–Crippen MR) is 73.0 cm³/mol. The number of nitrogens with zero attached hydrogens (tertiary/aromatic N) is 1. The van der Waals surface area contributed by atoms with E-state index < -0.39 is 5.97 Å². The van der Waals surface area contributed by atoms with Crippen LogP contribution >= 0.6 is 0 Å². The van der Waals surface area contributed by atoms with E-state index in [0.717, 1.165) is 18.7 Å². The fraction of sp³-hybridized carbons (Fsp3) is 0.533. The van der Waals surface area contributed by atoms with Gasteiger partial charge < -0.3 is 10.0 Å². The number of rotatable bonds is 5. The summed E-state index contributed by atoms with van der Waals surface area (Å²) >= 11 is 0. The maximum atomic E-state index is 10.8. The molecule has 1 aromatic rings. The molecule has 3 nitrogen and oxygen atoms in total. The minimum atomic E-state index is -0.649. The van der Waals surface area contributed by atoms with Gasteiger partial charge in [0.25, 0.3) is 0 Å². The average Bonchev–Trinajstić information content (AvgIpc) is 3.08. The van der Waals surface area contributed by atoms with Crippen molar-refractivity contribution in [2.75, 3.05) is 18.5 Å². The Bertz CT molecular complexity index is 425. The van der Waals surface area contributed by atoms with E-state index >= 15 is 0 Å². The maximum absolute atomic E-state index is 10.8. The Morgan fingerprint density at radius 1 is 1.39 bits per heavy atom. The zero-order chi connectivity index (χ0) is 13.3. The van der Waals surface area contributed by atoms with Crippen LogP contribution in [0, 0.1) is 11.8 Å². The molecule has 0 bridgehead atoms. The second kappa shape index (κ2) is 5.01. The van der Waals surface area contributed by atoms with Crippen LogP contribution in [0.25, 0.3) is 0 Å². The maximum Gasteiger partial charge on any atom is 0.306 e. The molecule has 1 fully saturated rings. The number of benzene rings is 1. The minimum Gasteiger partial charge on any atom is -0.481 e. The van der Waals surface area contributed by atoms with E-state index in [2.05, 4.69) is 43.0 Å². The summed E-state index contributed by atoms with van der Waals surface area (Å²) in [7, 11) is 2.03. The fourth-order valence-electron chi connectivity index (χ4n) is 2.32. The number of aliphatic carboxylic acids is 1. The van der Waals surface area contributed by atoms with Crippen molar-refractivity contribution in [2.24, 2.45) is 11.8 Å². The molecular formula is C15H21NO2. The molecule has 0 radical (unpaired) electrons. The van der Waals surface area contributed by atoms with Crippen LogP contribution in [-0.2, 0) is 4.79 Å². The van der Waals surface area contributed by atoms with Crippen LogP contribution in [0.5, 0.6) is 0 Å². The van der Waals surface area contributed by atoms with Gasteiger partial charge in [-0.1, -0.05) is 26.0 Å². The molecule has 2 unspecified atom stereocenters. The molecular weight excluding hydrogens is 226 g/mol. The Hall–Kier alpha value is -1.51. The Morgan fingerprint density at radius 3 is 2.44 bits per heavy atom. The second-order valence-electron chi connectivity index (χ2n) is 5.57. The van der Waals surface area contributed by atoms with Crippen LogP contribution in [0.1, 0.15) is 31.7 Å². The van der Waals surface area contributed by atoms with Gasteiger partial charge in [0.1, 0.15) is 0 Å². The standard InChI is InChI=1S/C15H21NO2/c1-10(2)11-4-6-13(7-5-11)16(3)9-12-8-14(12)15(17)18/h4-7,10,12,14H,8-9H2,1-3H3,(H,17,18). The normalized spacial score (nSPS) is 22.0. The van der Waals surface area contributed by atoms with E-state index in [1.54, 1.807) is 0 Å². The Kier molecular flexibility index (Phi) is 3.60. The smallest absolute Gasteiger partial charge is 0.306 e. The van der Waals surface area contributed by atoms with Gasteiger partial charge in [0.15, 0.2) is 0 Å². The van der Waals surface area contributed by atoms with Crippen LogP contribution in [0.15, 0.2) is 24.3 Å². The molecule has 1 aliphatic carbocycles. The topological polar surface area (TPSA) is 40.5 Å². The highest BCUT2D eigenvalue weighted by atomic mass is 16.4. The summed E-state index contributed by atoms with van der Waals surface area (Å²) in [4.78, 5) is 12.9. The van der Waals surface area contributed by atoms with E-state index in [0.29, 0.717) is 11.8 Å². The monoisotopic (exact) mass is 247 g/mol. The lowest BCUT2D eigenvalue weighted by atomic mass is 10.0. The summed E-state index contributed by atoms with van der Waals surface area (Å²) in [6.07, 6.45) is 0.823. The summed E-state index contributed by atoms with van der Waals surface area (Å²) in [6.45, 7) is 5.19. The quantitative estimate of drug-likeness (QED) is 0.869. The Labute approximate surface area is 108 Å². The molecule has 1 N–H and O–H groups in total. The lowest BCUT2D eigenvalue weighted by Gasteiger charge is -2.20. The van der Waals surface area contributed by atoms with Gasteiger partial charge in [0.05, 0.1) is 5.92 Å². The summed E-state index contributed by atoms with van der Waals surface area (Å²) < 4.78 is 0. The minimum absolute atomic E-state index is 0.123. The first-order valence-corrected chi connectivity index (χ1v) is 6.53. The third kappa shape index (κ3) is 2.84. The molecule has 2 rings (SSSR count). The third-order valence-corrected chi connectivity index (χ3v) is 3.75. The zero-order valence-corrected chi connectivity index (χ0v) is 11.3. The van der Waals surface area contributed by atoms with Crippen molar-refractivity contribution in [2.45, 2.75) is 26.2 Å². The highest BCUT2D eigenvalue weighted by Crippen LogP contribution is 2.39. The number of carbonyl (C=O) groups is 1. The lowest BCUT2D eigenvalue weighted by molar-refractivity contribution is -0.138. The summed E-state index contributed by atoms with van der Waals surface area (Å²) in [6, 6.07) is 8.54. The molecule has 1 aliphatic rings. The van der Waals surface area contributed by atoms with Crippen LogP contribution < -0.4 is 4.90 Å². The van der Waals surface area contributed by atoms with Crippen molar-refractivity contribution < 1.29 is 9.90 Å². The van der Waals surface area contributed by atoms with Gasteiger partial charge in [-0.15, -0.1) is 0 Å². The SMILES string of the molecule is CC(C)c1ccc(N(C)CC2CC2C(=O)O)cc1. The van der Waals surface area contributed by atoms with Crippen LogP contribution in [-0.4, -0.2) is 24.7 Å². The molecule has 98 valence electrons. The first-order valence-electron chi connectivity index (χ1n) is 6.53. The van der Waals surface area contributed by atoms with Crippen LogP contribution in [0.3, 0.4) is 0 Å². The van der Waals surface area contributed by atoms with Gasteiger partial charge in [0.2, 0.25) is 0 Å². The number of hydrogen-bond acceptors (Lipinski definition) is 2. The number of carboxylic acids is 1. The van der Waals surface area contributed by atoms with E-state index in [-0.39, 0.29) is 5.92 Å². The highest BCUT2D eigenvalue weighted by Gasteiger charge is 2.43. The fourth-order valence-corrected chi connectivity index (χ4v) is 2.32. The number of hydrogen-bond donors (Lipinski definition) is 1. The largest absolute Gasteiger partial charge is 0.481 e. The van der Waals surface area contributed by atoms with Gasteiger partial charge in [-0.05, 0) is 36.0 Å². The first-order chi connectivity index (χ1) is 8.49. The molecule has 2 atom stereocenters. The first kappa shape index (κ1) is 12.9. The van der Waals surface area contributed by atoms with Gasteiger partial charge >= 0.3 is 5.97 Å². The van der Waals surface area contributed by atoms with Gasteiger partial charge in [-0.25, -0.2) is 0 Å². The van der Waals surface area contributed by atoms with Crippen molar-refractivity contribution in [1.82, 2.24) is 0 Å². The van der Waals surface area contributed by atoms with Crippen LogP contribution in [0.2, 0.25) is 0 Å². The molecule has 0 aliphatic heterocycles. The van der Waals surface area contributed by atoms with Crippen molar-refractivity contribution in [1.29, 1.82) is 0 Å². The summed E-state index contributed by atoms with van der Waals surface area (Å²) in [5.41, 5.74) is 2.50. The van der Waals surface area contributed by atoms with Crippen LogP contribution in [0.4, 0.5) is 5.69 Å². The Morgan fingerprint density at radius 2 is 2.00 bits per heavy atom. The molecule has 1 aromatic carbocycles. The van der Waals surface area contributed by atoms with Crippen molar-refractivity contribution in [3.05, 3.63) is 29.8 Å². The van der Waals surface area contributed by atoms with E-state index in [1.807, 2.05) is 7.05 Å². The van der Waals surface area contributed by atoms with Crippen molar-refractivity contribution >= 4 is 11.7 Å². The van der Waals surface area contributed by atoms with Gasteiger partial charge in [-0.2, -0.15) is 0 Å². The van der Waals surface area contributed by atoms with Crippen molar-refractivity contribution in [3.8, 4) is 0 Å². The molecule has 3 heteroatoms. The molecule has 0 amide bonds. The predicted octanol–water partition coefficient (Wildman–Crippen LogP) is 2.97. The number of carboxylic acid groups (broad SMARTS) is 1. The number of anilines is 1. The summed E-state index contributed by atoms with van der Waals surface area (Å²) in [5.74, 6) is 0.0902. The highest BCUT2D eigenvalue weighted by molar-refractivity contribution is 5.73. The van der Waals surface area contributed by atoms with Gasteiger partial charge in [-0.3, -0.25) is 4.79 Å². The average molecular weight is 247 g/mol.